The number of ether oxygens (including phenoxy) is 3. The summed E-state index contributed by atoms with van der Waals surface area (Å²) in [7, 11) is 0. The van der Waals surface area contributed by atoms with Crippen molar-refractivity contribution < 1.29 is 14.2 Å². The Morgan fingerprint density at radius 2 is 1.46 bits per heavy atom. The fourth-order valence-electron chi connectivity index (χ4n) is 3.03. The number of rotatable bonds is 1. The van der Waals surface area contributed by atoms with E-state index in [1.165, 1.54) is 5.56 Å². The third-order valence-electron chi connectivity index (χ3n) is 4.89. The Labute approximate surface area is 157 Å². The van der Waals surface area contributed by atoms with E-state index >= 15 is 0 Å². The minimum atomic E-state index is 0.119. The van der Waals surface area contributed by atoms with Gasteiger partial charge >= 0.3 is 0 Å². The zero-order chi connectivity index (χ0) is 18.7. The largest absolute Gasteiger partial charge is 0.490 e. The first kappa shape index (κ1) is 18.6. The van der Waals surface area contributed by atoms with E-state index in [2.05, 4.69) is 52.8 Å². The van der Waals surface area contributed by atoms with Crippen LogP contribution in [0.4, 0.5) is 0 Å². The lowest BCUT2D eigenvalue weighted by Gasteiger charge is -2.34. The highest BCUT2D eigenvalue weighted by molar-refractivity contribution is 5.41. The van der Waals surface area contributed by atoms with Gasteiger partial charge in [0.1, 0.15) is 24.6 Å². The van der Waals surface area contributed by atoms with Gasteiger partial charge in [-0.05, 0) is 29.7 Å². The molecular weight excluding hydrogens is 324 g/mol. The van der Waals surface area contributed by atoms with Gasteiger partial charge in [-0.2, -0.15) is 0 Å². The van der Waals surface area contributed by atoms with Crippen LogP contribution in [0.3, 0.4) is 0 Å². The summed E-state index contributed by atoms with van der Waals surface area (Å²) in [4.78, 5) is 0. The van der Waals surface area contributed by atoms with E-state index in [4.69, 9.17) is 14.2 Å². The molecule has 4 rings (SSSR count). The van der Waals surface area contributed by atoms with E-state index in [0.717, 1.165) is 23.7 Å². The van der Waals surface area contributed by atoms with Crippen LogP contribution in [-0.4, -0.2) is 18.8 Å². The van der Waals surface area contributed by atoms with Crippen LogP contribution in [0.2, 0.25) is 0 Å². The molecule has 2 aromatic rings. The van der Waals surface area contributed by atoms with Gasteiger partial charge in [-0.25, -0.2) is 0 Å². The zero-order valence-corrected chi connectivity index (χ0v) is 16.5. The highest BCUT2D eigenvalue weighted by Crippen LogP contribution is 2.35. The monoisotopic (exact) mass is 354 g/mol. The summed E-state index contributed by atoms with van der Waals surface area (Å²) in [6.07, 6.45) is 1.60. The minimum absolute atomic E-state index is 0.119. The number of benzene rings is 2. The number of para-hydroxylation sites is 3. The van der Waals surface area contributed by atoms with Crippen LogP contribution in [0, 0.1) is 11.3 Å². The average Bonchev–Trinajstić information content (AvgIpc) is 3.06. The summed E-state index contributed by atoms with van der Waals surface area (Å²) in [5.74, 6) is 3.40. The standard InChI is InChI=1S/C12H16O2.C11H14O/c1-12(2,3)11-8-13-9-6-4-5-7-10(9)14-11;1-8(2)11-7-9-5-3-4-6-10(9)12-11/h4-7,11H,8H2,1-3H3;3-6,8,11H,7H2,1-2H3. The van der Waals surface area contributed by atoms with Crippen LogP contribution in [-0.2, 0) is 6.42 Å². The second-order valence-electron chi connectivity index (χ2n) is 8.44. The molecule has 0 aromatic heterocycles. The Hall–Kier alpha value is -2.16. The Bertz CT molecular complexity index is 705. The Morgan fingerprint density at radius 3 is 2.08 bits per heavy atom. The van der Waals surface area contributed by atoms with Crippen molar-refractivity contribution >= 4 is 0 Å². The summed E-state index contributed by atoms with van der Waals surface area (Å²) in [5, 5.41) is 0. The average molecular weight is 354 g/mol. The van der Waals surface area contributed by atoms with Crippen LogP contribution in [0.15, 0.2) is 48.5 Å². The maximum absolute atomic E-state index is 5.87. The summed E-state index contributed by atoms with van der Waals surface area (Å²) >= 11 is 0. The molecule has 0 spiro atoms. The highest BCUT2D eigenvalue weighted by Gasteiger charge is 2.31. The lowest BCUT2D eigenvalue weighted by atomic mass is 9.89. The van der Waals surface area contributed by atoms with Gasteiger partial charge < -0.3 is 14.2 Å². The molecule has 2 atom stereocenters. The molecule has 0 saturated carbocycles. The Balaban J connectivity index is 0.000000152. The van der Waals surface area contributed by atoms with E-state index in [1.54, 1.807) is 0 Å². The fourth-order valence-corrected chi connectivity index (χ4v) is 3.03. The smallest absolute Gasteiger partial charge is 0.161 e. The maximum atomic E-state index is 5.87. The molecule has 26 heavy (non-hydrogen) atoms. The predicted octanol–water partition coefficient (Wildman–Crippen LogP) is 5.52. The van der Waals surface area contributed by atoms with Crippen LogP contribution < -0.4 is 14.2 Å². The Morgan fingerprint density at radius 1 is 0.846 bits per heavy atom. The van der Waals surface area contributed by atoms with E-state index in [1.807, 2.05) is 30.3 Å². The Kier molecular flexibility index (Phi) is 5.45. The molecular formula is C23H30O3. The van der Waals surface area contributed by atoms with Gasteiger partial charge in [0.05, 0.1) is 0 Å². The summed E-state index contributed by atoms with van der Waals surface area (Å²) in [6, 6.07) is 16.1. The molecule has 140 valence electrons. The number of fused-ring (bicyclic) bond motifs is 2. The molecule has 0 saturated heterocycles. The summed E-state index contributed by atoms with van der Waals surface area (Å²) in [5.41, 5.74) is 1.48. The second kappa shape index (κ2) is 7.61. The predicted molar refractivity (Wildman–Crippen MR) is 105 cm³/mol. The van der Waals surface area contributed by atoms with Crippen molar-refractivity contribution in [2.24, 2.45) is 11.3 Å². The first-order chi connectivity index (χ1) is 12.3. The number of hydrogen-bond acceptors (Lipinski definition) is 3. The van der Waals surface area contributed by atoms with E-state index in [9.17, 15) is 0 Å². The summed E-state index contributed by atoms with van der Waals surface area (Å²) < 4.78 is 17.3. The van der Waals surface area contributed by atoms with Crippen molar-refractivity contribution in [3.05, 3.63) is 54.1 Å². The van der Waals surface area contributed by atoms with Crippen molar-refractivity contribution in [2.75, 3.05) is 6.61 Å². The quantitative estimate of drug-likeness (QED) is 0.675. The SMILES string of the molecule is CC(C)(C)C1COc2ccccc2O1.CC(C)C1Cc2ccccc2O1. The molecule has 2 heterocycles. The molecule has 3 heteroatoms. The van der Waals surface area contributed by atoms with Crippen molar-refractivity contribution in [1.82, 2.24) is 0 Å². The lowest BCUT2D eigenvalue weighted by Crippen LogP contribution is -2.39. The molecule has 0 radical (unpaired) electrons. The topological polar surface area (TPSA) is 27.7 Å². The van der Waals surface area contributed by atoms with Gasteiger partial charge in [-0.1, -0.05) is 65.0 Å². The minimum Gasteiger partial charge on any atom is -0.490 e. The van der Waals surface area contributed by atoms with E-state index < -0.39 is 0 Å². The van der Waals surface area contributed by atoms with Gasteiger partial charge in [-0.15, -0.1) is 0 Å². The molecule has 0 aliphatic carbocycles. The van der Waals surface area contributed by atoms with Gasteiger partial charge in [0.2, 0.25) is 0 Å². The van der Waals surface area contributed by atoms with Crippen molar-refractivity contribution in [1.29, 1.82) is 0 Å². The second-order valence-corrected chi connectivity index (χ2v) is 8.44. The van der Waals surface area contributed by atoms with Crippen molar-refractivity contribution in [2.45, 2.75) is 53.2 Å². The highest BCUT2D eigenvalue weighted by atomic mass is 16.6. The first-order valence-corrected chi connectivity index (χ1v) is 9.47. The van der Waals surface area contributed by atoms with Gasteiger partial charge in [0.15, 0.2) is 11.5 Å². The van der Waals surface area contributed by atoms with Crippen LogP contribution in [0.5, 0.6) is 17.2 Å². The van der Waals surface area contributed by atoms with E-state index in [0.29, 0.717) is 18.6 Å². The maximum Gasteiger partial charge on any atom is 0.161 e. The molecule has 2 aromatic carbocycles. The van der Waals surface area contributed by atoms with Crippen molar-refractivity contribution in [3.8, 4) is 17.2 Å². The van der Waals surface area contributed by atoms with Crippen LogP contribution in [0.1, 0.15) is 40.2 Å². The molecule has 3 nitrogen and oxygen atoms in total. The molecule has 0 fully saturated rings. The summed E-state index contributed by atoms with van der Waals surface area (Å²) in [6.45, 7) is 11.5. The third-order valence-corrected chi connectivity index (χ3v) is 4.89. The molecule has 0 amide bonds. The normalized spacial score (nSPS) is 20.7. The third kappa shape index (κ3) is 4.32. The molecule has 2 aliphatic rings. The number of hydrogen-bond donors (Lipinski definition) is 0. The fraction of sp³-hybridized carbons (Fsp3) is 0.478. The zero-order valence-electron chi connectivity index (χ0n) is 16.5. The van der Waals surface area contributed by atoms with Gasteiger partial charge in [-0.3, -0.25) is 0 Å². The molecule has 0 N–H and O–H groups in total. The van der Waals surface area contributed by atoms with E-state index in [-0.39, 0.29) is 11.5 Å². The van der Waals surface area contributed by atoms with Gasteiger partial charge in [0, 0.05) is 11.8 Å². The van der Waals surface area contributed by atoms with Crippen LogP contribution in [0.25, 0.3) is 0 Å². The molecule has 2 aliphatic heterocycles. The lowest BCUT2D eigenvalue weighted by molar-refractivity contribution is 0.0163. The van der Waals surface area contributed by atoms with Crippen molar-refractivity contribution in [3.63, 3.8) is 0 Å². The molecule has 0 bridgehead atoms. The first-order valence-electron chi connectivity index (χ1n) is 9.47. The van der Waals surface area contributed by atoms with Gasteiger partial charge in [0.25, 0.3) is 0 Å². The van der Waals surface area contributed by atoms with Crippen LogP contribution >= 0.6 is 0 Å². The molecule has 2 unspecified atom stereocenters.